The van der Waals surface area contributed by atoms with Crippen LogP contribution in [0.15, 0.2) is 36.5 Å². The molecule has 0 unspecified atom stereocenters. The molecule has 7 heteroatoms. The normalized spacial score (nSPS) is 11.8. The van der Waals surface area contributed by atoms with Crippen molar-refractivity contribution in [1.82, 2.24) is 14.1 Å². The zero-order valence-corrected chi connectivity index (χ0v) is 11.3. The maximum atomic E-state index is 11.8. The molecule has 104 valence electrons. The minimum Gasteiger partial charge on any atom is -0.480 e. The van der Waals surface area contributed by atoms with E-state index in [4.69, 9.17) is 5.11 Å². The second kappa shape index (κ2) is 6.76. The number of aliphatic carboxylic acids is 1. The molecule has 0 radical (unpaired) electrons. The van der Waals surface area contributed by atoms with Gasteiger partial charge in [-0.2, -0.15) is 8.75 Å². The molecule has 1 aromatic carbocycles. The van der Waals surface area contributed by atoms with Crippen molar-refractivity contribution in [2.24, 2.45) is 0 Å². The fourth-order valence-electron chi connectivity index (χ4n) is 1.71. The summed E-state index contributed by atoms with van der Waals surface area (Å²) in [6.45, 7) is 0. The van der Waals surface area contributed by atoms with Gasteiger partial charge in [-0.1, -0.05) is 30.3 Å². The Labute approximate surface area is 119 Å². The Kier molecular flexibility index (Phi) is 4.78. The smallest absolute Gasteiger partial charge is 0.326 e. The summed E-state index contributed by atoms with van der Waals surface area (Å²) in [7, 11) is 0. The first kappa shape index (κ1) is 14.1. The Balaban J connectivity index is 1.94. The van der Waals surface area contributed by atoms with E-state index in [-0.39, 0.29) is 5.69 Å². The Bertz CT molecular complexity index is 572. The van der Waals surface area contributed by atoms with Crippen molar-refractivity contribution < 1.29 is 14.7 Å². The average molecular weight is 291 g/mol. The van der Waals surface area contributed by atoms with Gasteiger partial charge >= 0.3 is 5.97 Å². The van der Waals surface area contributed by atoms with Crippen LogP contribution in [0.2, 0.25) is 0 Å². The lowest BCUT2D eigenvalue weighted by Gasteiger charge is -2.13. The number of nitrogens with zero attached hydrogens (tertiary/aromatic N) is 2. The van der Waals surface area contributed by atoms with E-state index in [1.807, 2.05) is 30.3 Å². The molecule has 0 saturated carbocycles. The highest BCUT2D eigenvalue weighted by Crippen LogP contribution is 2.06. The molecule has 1 aromatic heterocycles. The summed E-state index contributed by atoms with van der Waals surface area (Å²) in [5.74, 6) is -1.57. The Morgan fingerprint density at radius 1 is 1.30 bits per heavy atom. The molecule has 1 atom stereocenters. The maximum absolute atomic E-state index is 11.8. The van der Waals surface area contributed by atoms with Gasteiger partial charge in [-0.15, -0.1) is 0 Å². The number of carbonyl (C=O) groups excluding carboxylic acids is 1. The minimum absolute atomic E-state index is 0.140. The molecule has 0 spiro atoms. The first-order valence-electron chi connectivity index (χ1n) is 6.02. The number of aryl methyl sites for hydroxylation is 1. The number of rotatable bonds is 6. The van der Waals surface area contributed by atoms with Crippen molar-refractivity contribution >= 4 is 23.6 Å². The molecular weight excluding hydrogens is 278 g/mol. The van der Waals surface area contributed by atoms with Crippen LogP contribution in [-0.4, -0.2) is 31.8 Å². The molecule has 0 aliphatic rings. The lowest BCUT2D eigenvalue weighted by Crippen LogP contribution is -2.41. The van der Waals surface area contributed by atoms with Gasteiger partial charge in [0.05, 0.1) is 17.9 Å². The highest BCUT2D eigenvalue weighted by Gasteiger charge is 2.21. The number of hydrogen-bond acceptors (Lipinski definition) is 5. The van der Waals surface area contributed by atoms with Gasteiger partial charge in [0.2, 0.25) is 0 Å². The predicted molar refractivity (Wildman–Crippen MR) is 73.6 cm³/mol. The third-order valence-electron chi connectivity index (χ3n) is 2.76. The summed E-state index contributed by atoms with van der Waals surface area (Å²) in [4.78, 5) is 22.9. The van der Waals surface area contributed by atoms with Gasteiger partial charge in [0, 0.05) is 0 Å². The van der Waals surface area contributed by atoms with Crippen LogP contribution in [-0.2, 0) is 11.2 Å². The lowest BCUT2D eigenvalue weighted by molar-refractivity contribution is -0.139. The molecule has 1 amide bonds. The molecule has 1 heterocycles. The monoisotopic (exact) mass is 291 g/mol. The summed E-state index contributed by atoms with van der Waals surface area (Å²) in [5.41, 5.74) is 1.17. The fraction of sp³-hybridized carbons (Fsp3) is 0.231. The number of carbonyl (C=O) groups is 2. The summed E-state index contributed by atoms with van der Waals surface area (Å²) in [6.07, 6.45) is 2.21. The van der Waals surface area contributed by atoms with Gasteiger partial charge < -0.3 is 10.4 Å². The van der Waals surface area contributed by atoms with Crippen molar-refractivity contribution in [3.63, 3.8) is 0 Å². The Morgan fingerprint density at radius 2 is 2.05 bits per heavy atom. The van der Waals surface area contributed by atoms with E-state index in [0.717, 1.165) is 17.3 Å². The number of aromatic nitrogens is 2. The third kappa shape index (κ3) is 3.86. The molecule has 0 saturated heterocycles. The number of amides is 1. The molecular formula is C13H13N3O3S. The van der Waals surface area contributed by atoms with Crippen LogP contribution in [0.4, 0.5) is 0 Å². The summed E-state index contributed by atoms with van der Waals surface area (Å²) in [5, 5.41) is 11.6. The molecule has 0 aliphatic heterocycles. The second-order valence-corrected chi connectivity index (χ2v) is 4.74. The van der Waals surface area contributed by atoms with Gasteiger partial charge in [-0.25, -0.2) is 4.79 Å². The number of benzene rings is 1. The largest absolute Gasteiger partial charge is 0.480 e. The number of hydrogen-bond donors (Lipinski definition) is 2. The molecule has 2 rings (SSSR count). The van der Waals surface area contributed by atoms with E-state index < -0.39 is 17.9 Å². The Hall–Kier alpha value is -2.28. The highest BCUT2D eigenvalue weighted by molar-refractivity contribution is 6.99. The van der Waals surface area contributed by atoms with E-state index in [9.17, 15) is 9.59 Å². The summed E-state index contributed by atoms with van der Waals surface area (Å²) < 4.78 is 7.48. The van der Waals surface area contributed by atoms with Gasteiger partial charge in [-0.05, 0) is 18.4 Å². The number of nitrogens with one attached hydrogen (secondary N) is 1. The quantitative estimate of drug-likeness (QED) is 0.838. The maximum Gasteiger partial charge on any atom is 0.326 e. The van der Waals surface area contributed by atoms with Crippen LogP contribution in [0.3, 0.4) is 0 Å². The fourth-order valence-corrected chi connectivity index (χ4v) is 2.12. The third-order valence-corrected chi connectivity index (χ3v) is 3.24. The molecule has 0 aliphatic carbocycles. The second-order valence-electron chi connectivity index (χ2n) is 4.18. The topological polar surface area (TPSA) is 92.2 Å². The SMILES string of the molecule is O=C(N[C@@H](CCc1ccccc1)C(=O)O)c1cnsn1. The van der Waals surface area contributed by atoms with Gasteiger partial charge in [0.25, 0.3) is 5.91 Å². The van der Waals surface area contributed by atoms with Crippen LogP contribution in [0.1, 0.15) is 22.5 Å². The zero-order chi connectivity index (χ0) is 14.4. The molecule has 0 fully saturated rings. The van der Waals surface area contributed by atoms with Crippen LogP contribution in [0.5, 0.6) is 0 Å². The van der Waals surface area contributed by atoms with Crippen LogP contribution >= 0.6 is 11.7 Å². The van der Waals surface area contributed by atoms with Crippen LogP contribution in [0, 0.1) is 0 Å². The van der Waals surface area contributed by atoms with Crippen LogP contribution in [0.25, 0.3) is 0 Å². The van der Waals surface area contributed by atoms with Gasteiger partial charge in [-0.3, -0.25) is 4.79 Å². The molecule has 0 bridgehead atoms. The van der Waals surface area contributed by atoms with E-state index in [1.54, 1.807) is 0 Å². The molecule has 2 N–H and O–H groups in total. The molecule has 6 nitrogen and oxygen atoms in total. The summed E-state index contributed by atoms with van der Waals surface area (Å²) >= 11 is 0.905. The Morgan fingerprint density at radius 3 is 2.65 bits per heavy atom. The molecule has 2 aromatic rings. The van der Waals surface area contributed by atoms with E-state index in [1.165, 1.54) is 6.20 Å². The van der Waals surface area contributed by atoms with Crippen molar-refractivity contribution in [3.8, 4) is 0 Å². The molecule has 20 heavy (non-hydrogen) atoms. The average Bonchev–Trinajstić information content (AvgIpc) is 2.98. The number of carboxylic acids is 1. The van der Waals surface area contributed by atoms with Crippen molar-refractivity contribution in [2.75, 3.05) is 0 Å². The standard InChI is InChI=1S/C13H13N3O3S/c17-12(11-8-14-20-16-11)15-10(13(18)19)7-6-9-4-2-1-3-5-9/h1-5,8,10H,6-7H2,(H,15,17)(H,18,19)/t10-/m0/s1. The van der Waals surface area contributed by atoms with Crippen molar-refractivity contribution in [2.45, 2.75) is 18.9 Å². The highest BCUT2D eigenvalue weighted by atomic mass is 32.1. The van der Waals surface area contributed by atoms with Crippen LogP contribution < -0.4 is 5.32 Å². The van der Waals surface area contributed by atoms with Gasteiger partial charge in [0.1, 0.15) is 6.04 Å². The van der Waals surface area contributed by atoms with Crippen molar-refractivity contribution in [3.05, 3.63) is 47.8 Å². The van der Waals surface area contributed by atoms with E-state index >= 15 is 0 Å². The minimum atomic E-state index is -1.06. The lowest BCUT2D eigenvalue weighted by atomic mass is 10.1. The first-order valence-corrected chi connectivity index (χ1v) is 6.75. The van der Waals surface area contributed by atoms with Gasteiger partial charge in [0.15, 0.2) is 5.69 Å². The number of carboxylic acid groups (broad SMARTS) is 1. The first-order chi connectivity index (χ1) is 9.66. The predicted octanol–water partition coefficient (Wildman–Crippen LogP) is 1.35. The summed E-state index contributed by atoms with van der Waals surface area (Å²) in [6, 6.07) is 8.59. The van der Waals surface area contributed by atoms with E-state index in [0.29, 0.717) is 12.8 Å². The van der Waals surface area contributed by atoms with E-state index in [2.05, 4.69) is 14.1 Å². The van der Waals surface area contributed by atoms with Crippen molar-refractivity contribution in [1.29, 1.82) is 0 Å². The zero-order valence-electron chi connectivity index (χ0n) is 10.5.